The lowest BCUT2D eigenvalue weighted by Crippen LogP contribution is -2.46. The van der Waals surface area contributed by atoms with Gasteiger partial charge in [-0.15, -0.1) is 0 Å². The van der Waals surface area contributed by atoms with Crippen molar-refractivity contribution in [2.24, 2.45) is 11.8 Å². The molecule has 0 aromatic carbocycles. The lowest BCUT2D eigenvalue weighted by atomic mass is 9.86. The fraction of sp³-hybridized carbons (Fsp3) is 0.643. The molecule has 3 heteroatoms. The van der Waals surface area contributed by atoms with Gasteiger partial charge >= 0.3 is 0 Å². The molecule has 1 saturated heterocycles. The number of nitrogens with zero attached hydrogens (tertiary/aromatic N) is 2. The van der Waals surface area contributed by atoms with Crippen LogP contribution in [-0.2, 0) is 0 Å². The SMILES string of the molecule is Cc1cnc(N2CC(C)CC(C)C2C)cc1N. The molecule has 3 unspecified atom stereocenters. The van der Waals surface area contributed by atoms with Crippen LogP contribution >= 0.6 is 0 Å². The van der Waals surface area contributed by atoms with Crippen LogP contribution in [0.1, 0.15) is 32.8 Å². The van der Waals surface area contributed by atoms with Crippen LogP contribution in [0.25, 0.3) is 0 Å². The van der Waals surface area contributed by atoms with Crippen molar-refractivity contribution in [2.45, 2.75) is 40.2 Å². The smallest absolute Gasteiger partial charge is 0.130 e. The van der Waals surface area contributed by atoms with Gasteiger partial charge < -0.3 is 10.6 Å². The Kier molecular flexibility index (Phi) is 3.27. The zero-order valence-corrected chi connectivity index (χ0v) is 11.3. The van der Waals surface area contributed by atoms with Crippen molar-refractivity contribution >= 4 is 11.5 Å². The second-order valence-electron chi connectivity index (χ2n) is 5.61. The van der Waals surface area contributed by atoms with E-state index in [0.717, 1.165) is 29.5 Å². The van der Waals surface area contributed by atoms with Crippen LogP contribution in [0.15, 0.2) is 12.3 Å². The Morgan fingerprint density at radius 2 is 2.06 bits per heavy atom. The van der Waals surface area contributed by atoms with E-state index in [1.165, 1.54) is 6.42 Å². The fourth-order valence-electron chi connectivity index (χ4n) is 2.70. The van der Waals surface area contributed by atoms with Gasteiger partial charge in [-0.1, -0.05) is 13.8 Å². The molecule has 1 aromatic rings. The molecule has 0 spiro atoms. The minimum absolute atomic E-state index is 0.542. The van der Waals surface area contributed by atoms with Gasteiger partial charge in [0.1, 0.15) is 5.82 Å². The fourth-order valence-corrected chi connectivity index (χ4v) is 2.70. The molecule has 1 aliphatic rings. The summed E-state index contributed by atoms with van der Waals surface area (Å²) in [6.45, 7) is 10.0. The Labute approximate surface area is 104 Å². The molecular weight excluding hydrogens is 210 g/mol. The third-order valence-corrected chi connectivity index (χ3v) is 4.02. The first-order valence-electron chi connectivity index (χ1n) is 6.47. The van der Waals surface area contributed by atoms with E-state index in [2.05, 4.69) is 30.7 Å². The van der Waals surface area contributed by atoms with Gasteiger partial charge in [-0.25, -0.2) is 4.98 Å². The summed E-state index contributed by atoms with van der Waals surface area (Å²) in [5.41, 5.74) is 7.87. The summed E-state index contributed by atoms with van der Waals surface area (Å²) in [5.74, 6) is 2.47. The van der Waals surface area contributed by atoms with Crippen LogP contribution in [0.4, 0.5) is 11.5 Å². The van der Waals surface area contributed by atoms with Gasteiger partial charge in [0.25, 0.3) is 0 Å². The van der Waals surface area contributed by atoms with E-state index in [9.17, 15) is 0 Å². The Morgan fingerprint density at radius 3 is 2.71 bits per heavy atom. The summed E-state index contributed by atoms with van der Waals surface area (Å²) >= 11 is 0. The normalized spacial score (nSPS) is 29.4. The molecule has 0 bridgehead atoms. The lowest BCUT2D eigenvalue weighted by molar-refractivity contribution is 0.295. The molecule has 17 heavy (non-hydrogen) atoms. The molecule has 0 saturated carbocycles. The van der Waals surface area contributed by atoms with E-state index < -0.39 is 0 Å². The maximum absolute atomic E-state index is 5.98. The highest BCUT2D eigenvalue weighted by molar-refractivity contribution is 5.55. The van der Waals surface area contributed by atoms with Gasteiger partial charge in [0, 0.05) is 30.5 Å². The number of aromatic nitrogens is 1. The largest absolute Gasteiger partial charge is 0.398 e. The molecule has 94 valence electrons. The third-order valence-electron chi connectivity index (χ3n) is 4.02. The maximum atomic E-state index is 5.98. The number of hydrogen-bond acceptors (Lipinski definition) is 3. The number of hydrogen-bond donors (Lipinski definition) is 1. The molecule has 0 amide bonds. The molecule has 1 fully saturated rings. The first-order valence-corrected chi connectivity index (χ1v) is 6.47. The van der Waals surface area contributed by atoms with E-state index in [-0.39, 0.29) is 0 Å². The third kappa shape index (κ3) is 2.38. The first-order chi connectivity index (χ1) is 7.99. The Hall–Kier alpha value is -1.25. The Balaban J connectivity index is 2.28. The Bertz CT molecular complexity index is 402. The van der Waals surface area contributed by atoms with Gasteiger partial charge in [0.15, 0.2) is 0 Å². The van der Waals surface area contributed by atoms with E-state index in [1.54, 1.807) is 0 Å². The summed E-state index contributed by atoms with van der Waals surface area (Å²) in [4.78, 5) is 6.93. The minimum atomic E-state index is 0.542. The van der Waals surface area contributed by atoms with Gasteiger partial charge in [-0.3, -0.25) is 0 Å². The summed E-state index contributed by atoms with van der Waals surface area (Å²) in [5, 5.41) is 0. The van der Waals surface area contributed by atoms with Gasteiger partial charge in [-0.2, -0.15) is 0 Å². The highest BCUT2D eigenvalue weighted by Crippen LogP contribution is 2.31. The molecule has 2 N–H and O–H groups in total. The molecule has 3 nitrogen and oxygen atoms in total. The first kappa shape index (κ1) is 12.2. The highest BCUT2D eigenvalue weighted by atomic mass is 15.2. The zero-order chi connectivity index (χ0) is 12.6. The van der Waals surface area contributed by atoms with Crippen LogP contribution < -0.4 is 10.6 Å². The van der Waals surface area contributed by atoms with Gasteiger partial charge in [0.2, 0.25) is 0 Å². The van der Waals surface area contributed by atoms with Crippen molar-refractivity contribution in [1.29, 1.82) is 0 Å². The molecule has 1 aromatic heterocycles. The number of nitrogen functional groups attached to an aromatic ring is 1. The topological polar surface area (TPSA) is 42.2 Å². The molecule has 3 atom stereocenters. The summed E-state index contributed by atoms with van der Waals surface area (Å²) < 4.78 is 0. The number of anilines is 2. The minimum Gasteiger partial charge on any atom is -0.398 e. The van der Waals surface area contributed by atoms with Crippen molar-refractivity contribution in [3.8, 4) is 0 Å². The molecule has 2 heterocycles. The summed E-state index contributed by atoms with van der Waals surface area (Å²) in [6.07, 6.45) is 3.18. The summed E-state index contributed by atoms with van der Waals surface area (Å²) in [6, 6.07) is 2.55. The number of nitrogens with two attached hydrogens (primary N) is 1. The average Bonchev–Trinajstić information content (AvgIpc) is 2.27. The molecular formula is C14H23N3. The second-order valence-corrected chi connectivity index (χ2v) is 5.61. The van der Waals surface area contributed by atoms with Crippen molar-refractivity contribution in [1.82, 2.24) is 4.98 Å². The van der Waals surface area contributed by atoms with Crippen molar-refractivity contribution in [2.75, 3.05) is 17.2 Å². The molecule has 0 aliphatic carbocycles. The zero-order valence-electron chi connectivity index (χ0n) is 11.3. The molecule has 0 radical (unpaired) electrons. The number of aryl methyl sites for hydroxylation is 1. The summed E-state index contributed by atoms with van der Waals surface area (Å²) in [7, 11) is 0. The van der Waals surface area contributed by atoms with Crippen molar-refractivity contribution < 1.29 is 0 Å². The monoisotopic (exact) mass is 233 g/mol. The van der Waals surface area contributed by atoms with E-state index in [4.69, 9.17) is 5.73 Å². The van der Waals surface area contributed by atoms with Gasteiger partial charge in [0.05, 0.1) is 0 Å². The standard InChI is InChI=1S/C14H23N3/c1-9-5-10(2)12(4)17(8-9)14-6-13(15)11(3)7-16-14/h6-7,9-10,12H,5,8H2,1-4H3,(H2,15,16). The van der Waals surface area contributed by atoms with E-state index in [1.807, 2.05) is 19.2 Å². The quantitative estimate of drug-likeness (QED) is 0.811. The van der Waals surface area contributed by atoms with Crippen LogP contribution in [-0.4, -0.2) is 17.6 Å². The second kappa shape index (κ2) is 4.55. The predicted molar refractivity (Wildman–Crippen MR) is 73.1 cm³/mol. The highest BCUT2D eigenvalue weighted by Gasteiger charge is 2.29. The van der Waals surface area contributed by atoms with Crippen molar-refractivity contribution in [3.63, 3.8) is 0 Å². The van der Waals surface area contributed by atoms with Crippen LogP contribution in [0.3, 0.4) is 0 Å². The lowest BCUT2D eigenvalue weighted by Gasteiger charge is -2.42. The van der Waals surface area contributed by atoms with E-state index in [0.29, 0.717) is 12.0 Å². The molecule has 2 rings (SSSR count). The number of rotatable bonds is 1. The maximum Gasteiger partial charge on any atom is 0.130 e. The Morgan fingerprint density at radius 1 is 1.35 bits per heavy atom. The van der Waals surface area contributed by atoms with Gasteiger partial charge in [-0.05, 0) is 37.7 Å². The van der Waals surface area contributed by atoms with Crippen LogP contribution in [0.5, 0.6) is 0 Å². The number of piperidine rings is 1. The van der Waals surface area contributed by atoms with E-state index >= 15 is 0 Å². The average molecular weight is 233 g/mol. The number of pyridine rings is 1. The van der Waals surface area contributed by atoms with Crippen LogP contribution in [0, 0.1) is 18.8 Å². The molecule has 1 aliphatic heterocycles. The van der Waals surface area contributed by atoms with Crippen LogP contribution in [0.2, 0.25) is 0 Å². The van der Waals surface area contributed by atoms with Crippen molar-refractivity contribution in [3.05, 3.63) is 17.8 Å². The predicted octanol–water partition coefficient (Wildman–Crippen LogP) is 2.84.